The molecule has 1 unspecified atom stereocenters. The third-order valence-electron chi connectivity index (χ3n) is 3.84. The third kappa shape index (κ3) is 2.63. The average Bonchev–Trinajstić information content (AvgIpc) is 2.84. The van der Waals surface area contributed by atoms with Gasteiger partial charge in [-0.2, -0.15) is 0 Å². The summed E-state index contributed by atoms with van der Waals surface area (Å²) in [6.45, 7) is 9.27. The lowest BCUT2D eigenvalue weighted by atomic mass is 10.1. The Morgan fingerprint density at radius 1 is 0.952 bits per heavy atom. The van der Waals surface area contributed by atoms with Crippen molar-refractivity contribution in [1.29, 1.82) is 0 Å². The Morgan fingerprint density at radius 2 is 1.62 bits per heavy atom. The maximum Gasteiger partial charge on any atom is 0.113 e. The van der Waals surface area contributed by atoms with Crippen LogP contribution < -0.4 is 0 Å². The molecule has 0 amide bonds. The largest absolute Gasteiger partial charge is 0.240 e. The van der Waals surface area contributed by atoms with Gasteiger partial charge in [0.2, 0.25) is 0 Å². The number of benzene rings is 2. The molecular formula is C17H21N3Si. The summed E-state index contributed by atoms with van der Waals surface area (Å²) in [5.41, 5.74) is 5.00. The number of para-hydroxylation sites is 1. The number of hydrogen-bond acceptors (Lipinski definition) is 2. The normalized spacial score (nSPS) is 13.5. The van der Waals surface area contributed by atoms with Crippen molar-refractivity contribution in [3.8, 4) is 0 Å². The molecule has 108 valence electrons. The molecule has 0 aliphatic rings. The number of hydrogen-bond donors (Lipinski definition) is 0. The monoisotopic (exact) mass is 295 g/mol. The highest BCUT2D eigenvalue weighted by Crippen LogP contribution is 2.30. The molecule has 0 saturated heterocycles. The van der Waals surface area contributed by atoms with Gasteiger partial charge in [0, 0.05) is 0 Å². The van der Waals surface area contributed by atoms with Gasteiger partial charge in [-0.05, 0) is 24.6 Å². The van der Waals surface area contributed by atoms with E-state index in [-0.39, 0.29) is 0 Å². The van der Waals surface area contributed by atoms with Gasteiger partial charge < -0.3 is 0 Å². The Morgan fingerprint density at radius 3 is 2.29 bits per heavy atom. The molecule has 3 nitrogen and oxygen atoms in total. The van der Waals surface area contributed by atoms with E-state index >= 15 is 0 Å². The Balaban J connectivity index is 2.19. The van der Waals surface area contributed by atoms with Crippen molar-refractivity contribution in [2.45, 2.75) is 32.2 Å². The number of aryl methyl sites for hydroxylation is 1. The van der Waals surface area contributed by atoms with Crippen molar-refractivity contribution < 1.29 is 0 Å². The Kier molecular flexibility index (Phi) is 3.41. The molecule has 0 fully saturated rings. The second-order valence-corrected chi connectivity index (χ2v) is 12.0. The van der Waals surface area contributed by atoms with Gasteiger partial charge in [-0.15, -0.1) is 5.10 Å². The van der Waals surface area contributed by atoms with Gasteiger partial charge in [-0.3, -0.25) is 0 Å². The number of rotatable bonds is 3. The quantitative estimate of drug-likeness (QED) is 0.678. The molecule has 3 aromatic rings. The van der Waals surface area contributed by atoms with E-state index < -0.39 is 8.07 Å². The second kappa shape index (κ2) is 5.11. The van der Waals surface area contributed by atoms with Crippen molar-refractivity contribution >= 4 is 19.1 Å². The van der Waals surface area contributed by atoms with E-state index in [1.807, 2.05) is 12.1 Å². The van der Waals surface area contributed by atoms with Gasteiger partial charge in [0.25, 0.3) is 0 Å². The topological polar surface area (TPSA) is 30.7 Å². The van der Waals surface area contributed by atoms with Gasteiger partial charge in [0.1, 0.15) is 5.52 Å². The molecule has 1 atom stereocenters. The fraction of sp³-hybridized carbons (Fsp3) is 0.294. The first-order valence-electron chi connectivity index (χ1n) is 7.33. The van der Waals surface area contributed by atoms with Crippen LogP contribution in [0.4, 0.5) is 0 Å². The first-order valence-corrected chi connectivity index (χ1v) is 10.9. The summed E-state index contributed by atoms with van der Waals surface area (Å²) in [4.78, 5) is 0. The van der Waals surface area contributed by atoms with Crippen LogP contribution in [-0.4, -0.2) is 23.1 Å². The van der Waals surface area contributed by atoms with Gasteiger partial charge in [0.05, 0.1) is 19.3 Å². The number of fused-ring (bicyclic) bond motifs is 1. The van der Waals surface area contributed by atoms with Gasteiger partial charge >= 0.3 is 0 Å². The maximum atomic E-state index is 4.46. The molecule has 0 aliphatic carbocycles. The lowest BCUT2D eigenvalue weighted by molar-refractivity contribution is 0.628. The minimum Gasteiger partial charge on any atom is -0.240 e. The van der Waals surface area contributed by atoms with E-state index in [0.717, 1.165) is 11.0 Å². The van der Waals surface area contributed by atoms with E-state index in [1.54, 1.807) is 0 Å². The molecule has 0 saturated carbocycles. The molecule has 0 aliphatic heterocycles. The SMILES string of the molecule is Cc1ccc(C(n2nnc3ccccc32)[Si](C)(C)C)cc1. The van der Waals surface area contributed by atoms with Crippen LogP contribution >= 0.6 is 0 Å². The summed E-state index contributed by atoms with van der Waals surface area (Å²) >= 11 is 0. The molecule has 2 aromatic carbocycles. The molecular weight excluding hydrogens is 274 g/mol. The highest BCUT2D eigenvalue weighted by molar-refractivity contribution is 6.77. The Bertz CT molecular complexity index is 754. The Labute approximate surface area is 126 Å². The molecule has 0 radical (unpaired) electrons. The standard InChI is InChI=1S/C17H21N3Si/c1-13-9-11-14(12-10-13)17(21(2,3)4)20-16-8-6-5-7-15(16)18-19-20/h5-12,17H,1-4H3. The van der Waals surface area contributed by atoms with Crippen LogP contribution in [0.1, 0.15) is 16.8 Å². The molecule has 0 N–H and O–H groups in total. The molecule has 0 bridgehead atoms. The molecule has 4 heteroatoms. The van der Waals surface area contributed by atoms with E-state index in [4.69, 9.17) is 0 Å². The summed E-state index contributed by atoms with van der Waals surface area (Å²) in [7, 11) is -1.51. The average molecular weight is 295 g/mol. The molecule has 0 spiro atoms. The molecule has 21 heavy (non-hydrogen) atoms. The van der Waals surface area contributed by atoms with Crippen molar-refractivity contribution in [3.05, 3.63) is 59.7 Å². The number of nitrogens with zero attached hydrogens (tertiary/aromatic N) is 3. The predicted molar refractivity (Wildman–Crippen MR) is 90.2 cm³/mol. The van der Waals surface area contributed by atoms with Crippen molar-refractivity contribution in [1.82, 2.24) is 15.0 Å². The zero-order valence-electron chi connectivity index (χ0n) is 13.0. The van der Waals surface area contributed by atoms with Crippen molar-refractivity contribution in [2.75, 3.05) is 0 Å². The smallest absolute Gasteiger partial charge is 0.113 e. The minimum atomic E-state index is -1.51. The first-order chi connectivity index (χ1) is 9.97. The van der Waals surface area contributed by atoms with E-state index in [1.165, 1.54) is 11.1 Å². The molecule has 3 rings (SSSR count). The Hall–Kier alpha value is -1.94. The van der Waals surface area contributed by atoms with Gasteiger partial charge in [-0.25, -0.2) is 4.68 Å². The van der Waals surface area contributed by atoms with Crippen molar-refractivity contribution in [3.63, 3.8) is 0 Å². The van der Waals surface area contributed by atoms with Crippen LogP contribution in [0.25, 0.3) is 11.0 Å². The highest BCUT2D eigenvalue weighted by Gasteiger charge is 2.31. The van der Waals surface area contributed by atoms with Gasteiger partial charge in [0.15, 0.2) is 0 Å². The third-order valence-corrected chi connectivity index (χ3v) is 6.05. The van der Waals surface area contributed by atoms with E-state index in [0.29, 0.717) is 5.67 Å². The lowest BCUT2D eigenvalue weighted by Gasteiger charge is -2.30. The van der Waals surface area contributed by atoms with Crippen LogP contribution in [0.15, 0.2) is 48.5 Å². The van der Waals surface area contributed by atoms with E-state index in [2.05, 4.69) is 78.0 Å². The number of aromatic nitrogens is 3. The zero-order valence-corrected chi connectivity index (χ0v) is 14.0. The van der Waals surface area contributed by atoms with Gasteiger partial charge in [-0.1, -0.05) is 66.8 Å². The van der Waals surface area contributed by atoms with Crippen LogP contribution in [0.5, 0.6) is 0 Å². The summed E-state index contributed by atoms with van der Waals surface area (Å²) in [5.74, 6) is 0. The van der Waals surface area contributed by atoms with E-state index in [9.17, 15) is 0 Å². The van der Waals surface area contributed by atoms with Crippen LogP contribution in [0.3, 0.4) is 0 Å². The fourth-order valence-corrected chi connectivity index (χ4v) is 4.95. The summed E-state index contributed by atoms with van der Waals surface area (Å²) < 4.78 is 2.12. The fourth-order valence-electron chi connectivity index (χ4n) is 2.83. The van der Waals surface area contributed by atoms with Crippen LogP contribution in [0.2, 0.25) is 19.6 Å². The lowest BCUT2D eigenvalue weighted by Crippen LogP contribution is -2.36. The van der Waals surface area contributed by atoms with Crippen LogP contribution in [0, 0.1) is 6.92 Å². The first kappa shape index (κ1) is 14.0. The molecule has 1 heterocycles. The van der Waals surface area contributed by atoms with Crippen LogP contribution in [-0.2, 0) is 0 Å². The summed E-state index contributed by atoms with van der Waals surface area (Å²) in [6, 6.07) is 17.0. The minimum absolute atomic E-state index is 0.297. The summed E-state index contributed by atoms with van der Waals surface area (Å²) in [5, 5.41) is 8.79. The zero-order chi connectivity index (χ0) is 15.0. The van der Waals surface area contributed by atoms with Crippen molar-refractivity contribution in [2.24, 2.45) is 0 Å². The predicted octanol–water partition coefficient (Wildman–Crippen LogP) is 4.21. The maximum absolute atomic E-state index is 4.46. The molecule has 1 aromatic heterocycles. The second-order valence-electron chi connectivity index (χ2n) is 6.70. The highest BCUT2D eigenvalue weighted by atomic mass is 28.3. The summed E-state index contributed by atoms with van der Waals surface area (Å²) in [6.07, 6.45) is 0.